The Morgan fingerprint density at radius 2 is 0.938 bits per heavy atom. The van der Waals surface area contributed by atoms with Crippen LogP contribution in [-0.2, 0) is 5.41 Å². The smallest absolute Gasteiger partial charge is 0.0441 e. The van der Waals surface area contributed by atoms with Gasteiger partial charge in [0.25, 0.3) is 0 Å². The molecule has 0 aromatic heterocycles. The molecule has 0 saturated carbocycles. The minimum absolute atomic E-state index is 0.319. The summed E-state index contributed by atoms with van der Waals surface area (Å²) in [7, 11) is 0. The Morgan fingerprint density at radius 3 is 1.69 bits per heavy atom. The van der Waals surface area contributed by atoms with E-state index >= 15 is 0 Å². The van der Waals surface area contributed by atoms with Crippen LogP contribution in [0.5, 0.6) is 0 Å². The zero-order valence-corrected chi connectivity index (χ0v) is 26.7. The summed E-state index contributed by atoms with van der Waals surface area (Å²) < 4.78 is 0. The minimum atomic E-state index is -0.319. The molecule has 0 N–H and O–H groups in total. The standard InChI is InChI=1S/C48H32/c1-48(35-18-6-3-7-19-35)43-30-34(26-27-38(43)41-28-24-32-15-9-11-21-37(32)47(41)48)45-40-23-13-12-22-39(40)44(33-16-4-2-5-17-33)42-29-25-31-14-8-10-20-36(31)46(42)45/h2-30H,1H3. The van der Waals surface area contributed by atoms with Gasteiger partial charge in [0.15, 0.2) is 0 Å². The van der Waals surface area contributed by atoms with Gasteiger partial charge in [-0.15, -0.1) is 0 Å². The van der Waals surface area contributed by atoms with Crippen LogP contribution in [0.25, 0.3) is 76.5 Å². The van der Waals surface area contributed by atoms with Gasteiger partial charge in [0.1, 0.15) is 0 Å². The van der Waals surface area contributed by atoms with E-state index in [1.165, 1.54) is 93.2 Å². The zero-order chi connectivity index (χ0) is 31.8. The van der Waals surface area contributed by atoms with Crippen LogP contribution >= 0.6 is 0 Å². The van der Waals surface area contributed by atoms with Crippen molar-refractivity contribution in [1.82, 2.24) is 0 Å². The van der Waals surface area contributed by atoms with E-state index in [1.807, 2.05) is 0 Å². The van der Waals surface area contributed by atoms with Crippen LogP contribution in [0.2, 0.25) is 0 Å². The van der Waals surface area contributed by atoms with Gasteiger partial charge in [0, 0.05) is 5.41 Å². The van der Waals surface area contributed by atoms with Crippen molar-refractivity contribution < 1.29 is 0 Å². The van der Waals surface area contributed by atoms with Gasteiger partial charge in [-0.25, -0.2) is 0 Å². The van der Waals surface area contributed by atoms with Gasteiger partial charge in [-0.3, -0.25) is 0 Å². The van der Waals surface area contributed by atoms with Crippen LogP contribution in [0.4, 0.5) is 0 Å². The molecule has 0 fully saturated rings. The Kier molecular flexibility index (Phi) is 5.81. The first-order chi connectivity index (χ1) is 23.7. The third kappa shape index (κ3) is 3.72. The quantitative estimate of drug-likeness (QED) is 0.138. The number of benzene rings is 9. The van der Waals surface area contributed by atoms with Crippen LogP contribution in [-0.4, -0.2) is 0 Å². The van der Waals surface area contributed by atoms with E-state index in [2.05, 4.69) is 183 Å². The van der Waals surface area contributed by atoms with E-state index in [0.29, 0.717) is 0 Å². The Labute approximate surface area is 280 Å². The van der Waals surface area contributed by atoms with Crippen LogP contribution < -0.4 is 0 Å². The lowest BCUT2D eigenvalue weighted by Gasteiger charge is -2.30. The first kappa shape index (κ1) is 27.2. The first-order valence-electron chi connectivity index (χ1n) is 16.9. The van der Waals surface area contributed by atoms with E-state index in [4.69, 9.17) is 0 Å². The Balaban J connectivity index is 1.35. The summed E-state index contributed by atoms with van der Waals surface area (Å²) in [5.74, 6) is 0. The van der Waals surface area contributed by atoms with Gasteiger partial charge < -0.3 is 0 Å². The van der Waals surface area contributed by atoms with Gasteiger partial charge in [0.05, 0.1) is 0 Å². The molecule has 9 aromatic rings. The molecule has 0 nitrogen and oxygen atoms in total. The molecule has 0 amide bonds. The van der Waals surface area contributed by atoms with Crippen LogP contribution in [0.1, 0.15) is 23.6 Å². The number of hydrogen-bond donors (Lipinski definition) is 0. The average Bonchev–Trinajstić information content (AvgIpc) is 3.42. The largest absolute Gasteiger partial charge is 0.0622 e. The van der Waals surface area contributed by atoms with Gasteiger partial charge in [-0.05, 0) is 106 Å². The molecule has 48 heavy (non-hydrogen) atoms. The molecule has 0 aliphatic heterocycles. The topological polar surface area (TPSA) is 0 Å². The predicted octanol–water partition coefficient (Wildman–Crippen LogP) is 13.0. The predicted molar refractivity (Wildman–Crippen MR) is 205 cm³/mol. The van der Waals surface area contributed by atoms with E-state index < -0.39 is 0 Å². The van der Waals surface area contributed by atoms with Gasteiger partial charge in [0.2, 0.25) is 0 Å². The lowest BCUT2D eigenvalue weighted by Crippen LogP contribution is -2.22. The maximum absolute atomic E-state index is 2.52. The lowest BCUT2D eigenvalue weighted by atomic mass is 9.72. The lowest BCUT2D eigenvalue weighted by molar-refractivity contribution is 0.720. The van der Waals surface area contributed by atoms with E-state index in [-0.39, 0.29) is 5.41 Å². The Bertz CT molecular complexity index is 2720. The molecule has 1 unspecified atom stereocenters. The van der Waals surface area contributed by atoms with E-state index in [1.54, 1.807) is 0 Å². The number of fused-ring (bicyclic) bond motifs is 9. The van der Waals surface area contributed by atoms with Crippen molar-refractivity contribution in [3.8, 4) is 33.4 Å². The van der Waals surface area contributed by atoms with Crippen molar-refractivity contribution >= 4 is 43.1 Å². The maximum atomic E-state index is 2.52. The summed E-state index contributed by atoms with van der Waals surface area (Å²) in [4.78, 5) is 0. The monoisotopic (exact) mass is 608 g/mol. The Hall–Kier alpha value is -5.98. The van der Waals surface area contributed by atoms with Crippen LogP contribution in [0, 0.1) is 0 Å². The van der Waals surface area contributed by atoms with Gasteiger partial charge >= 0.3 is 0 Å². The van der Waals surface area contributed by atoms with Crippen LogP contribution in [0.15, 0.2) is 176 Å². The maximum Gasteiger partial charge on any atom is 0.0441 e. The molecule has 0 saturated heterocycles. The van der Waals surface area contributed by atoms with Crippen molar-refractivity contribution in [2.45, 2.75) is 12.3 Å². The highest BCUT2D eigenvalue weighted by atomic mass is 14.4. The first-order valence-corrected chi connectivity index (χ1v) is 16.9. The molecule has 224 valence electrons. The molecule has 0 heterocycles. The van der Waals surface area contributed by atoms with Gasteiger partial charge in [-0.2, -0.15) is 0 Å². The molecule has 10 rings (SSSR count). The molecule has 1 atom stereocenters. The third-order valence-electron chi connectivity index (χ3n) is 10.9. The number of rotatable bonds is 3. The fraction of sp³-hybridized carbons (Fsp3) is 0.0417. The highest BCUT2D eigenvalue weighted by molar-refractivity contribution is 6.28. The van der Waals surface area contributed by atoms with Crippen molar-refractivity contribution in [3.63, 3.8) is 0 Å². The van der Waals surface area contributed by atoms with Crippen molar-refractivity contribution in [2.75, 3.05) is 0 Å². The van der Waals surface area contributed by atoms with Gasteiger partial charge in [-0.1, -0.05) is 170 Å². The number of hydrogen-bond acceptors (Lipinski definition) is 0. The normalized spacial score (nSPS) is 15.3. The van der Waals surface area contributed by atoms with Crippen molar-refractivity contribution in [3.05, 3.63) is 193 Å². The minimum Gasteiger partial charge on any atom is -0.0622 e. The Morgan fingerprint density at radius 1 is 0.375 bits per heavy atom. The summed E-state index contributed by atoms with van der Waals surface area (Å²) >= 11 is 0. The third-order valence-corrected chi connectivity index (χ3v) is 10.9. The zero-order valence-electron chi connectivity index (χ0n) is 26.7. The molecule has 0 spiro atoms. The summed E-state index contributed by atoms with van der Waals surface area (Å²) in [6, 6.07) is 65.3. The fourth-order valence-electron chi connectivity index (χ4n) is 8.75. The molecular formula is C48H32. The highest BCUT2D eigenvalue weighted by Gasteiger charge is 2.42. The van der Waals surface area contributed by atoms with E-state index in [0.717, 1.165) is 0 Å². The molecule has 0 bridgehead atoms. The van der Waals surface area contributed by atoms with Crippen LogP contribution in [0.3, 0.4) is 0 Å². The molecule has 1 aliphatic rings. The SMILES string of the molecule is CC1(c2ccccc2)c2cc(-c3c4ccccc4c(-c4ccccc4)c4ccc5ccccc5c34)ccc2-c2ccc3ccccc3c21. The molecule has 0 heteroatoms. The molecular weight excluding hydrogens is 577 g/mol. The second-order valence-corrected chi connectivity index (χ2v) is 13.3. The highest BCUT2D eigenvalue weighted by Crippen LogP contribution is 2.56. The second-order valence-electron chi connectivity index (χ2n) is 13.3. The fourth-order valence-corrected chi connectivity index (χ4v) is 8.75. The molecule has 1 aliphatic carbocycles. The summed E-state index contributed by atoms with van der Waals surface area (Å²) in [5.41, 5.74) is 11.5. The van der Waals surface area contributed by atoms with Crippen molar-refractivity contribution in [1.29, 1.82) is 0 Å². The average molecular weight is 609 g/mol. The van der Waals surface area contributed by atoms with Crippen molar-refractivity contribution in [2.24, 2.45) is 0 Å². The second kappa shape index (κ2) is 10.3. The van der Waals surface area contributed by atoms with E-state index in [9.17, 15) is 0 Å². The summed E-state index contributed by atoms with van der Waals surface area (Å²) in [6.45, 7) is 2.44. The summed E-state index contributed by atoms with van der Waals surface area (Å²) in [6.07, 6.45) is 0. The molecule has 0 radical (unpaired) electrons. The summed E-state index contributed by atoms with van der Waals surface area (Å²) in [5, 5.41) is 10.3. The molecule has 9 aromatic carbocycles.